The number of nitrogens with zero attached hydrogens (tertiary/aromatic N) is 1. The summed E-state index contributed by atoms with van der Waals surface area (Å²) in [4.78, 5) is 11.1. The number of aromatic amines is 1. The fourth-order valence-corrected chi connectivity index (χ4v) is 2.22. The van der Waals surface area contributed by atoms with Crippen LogP contribution in [0.15, 0.2) is 10.9 Å². The number of H-pyrrole nitrogens is 1. The summed E-state index contributed by atoms with van der Waals surface area (Å²) >= 11 is 5.76. The maximum atomic E-state index is 11.1. The van der Waals surface area contributed by atoms with E-state index in [-0.39, 0.29) is 10.6 Å². The van der Waals surface area contributed by atoms with E-state index in [9.17, 15) is 4.79 Å². The number of aromatic nitrogens is 2. The average Bonchev–Trinajstić information content (AvgIpc) is 2.23. The molecule has 1 aromatic heterocycles. The summed E-state index contributed by atoms with van der Waals surface area (Å²) < 4.78 is 0. The lowest BCUT2D eigenvalue weighted by atomic mass is 9.58. The van der Waals surface area contributed by atoms with Gasteiger partial charge in [-0.2, -0.15) is 5.10 Å². The van der Waals surface area contributed by atoms with Gasteiger partial charge >= 0.3 is 0 Å². The largest absolute Gasteiger partial charge is 0.282 e. The van der Waals surface area contributed by atoms with Crippen LogP contribution < -0.4 is 5.56 Å². The second-order valence-corrected chi connectivity index (χ2v) is 4.55. The first-order valence-corrected chi connectivity index (χ1v) is 5.54. The third-order valence-corrected chi connectivity index (χ3v) is 3.29. The van der Waals surface area contributed by atoms with Gasteiger partial charge in [0.2, 0.25) is 0 Å². The first-order chi connectivity index (χ1) is 7.12. The van der Waals surface area contributed by atoms with Gasteiger partial charge in [-0.3, -0.25) is 4.79 Å². The Morgan fingerprint density at radius 1 is 1.40 bits per heavy atom. The van der Waals surface area contributed by atoms with Crippen LogP contribution in [0.4, 0.5) is 0 Å². The van der Waals surface area contributed by atoms with Crippen molar-refractivity contribution in [3.8, 4) is 0 Å². The van der Waals surface area contributed by atoms with Crippen molar-refractivity contribution in [3.63, 3.8) is 0 Å². The van der Waals surface area contributed by atoms with E-state index in [0.717, 1.165) is 25.7 Å². The monoisotopic (exact) mass is 222 g/mol. The van der Waals surface area contributed by atoms with Gasteiger partial charge in [-0.25, -0.2) is 5.10 Å². The van der Waals surface area contributed by atoms with Crippen molar-refractivity contribution in [2.24, 2.45) is 0 Å². The minimum absolute atomic E-state index is 0.162. The van der Waals surface area contributed by atoms with Crippen molar-refractivity contribution in [3.05, 3.63) is 27.1 Å². The van der Waals surface area contributed by atoms with Crippen LogP contribution in [-0.4, -0.2) is 18.0 Å². The molecule has 78 valence electrons. The quantitative estimate of drug-likeness (QED) is 0.736. The highest BCUT2D eigenvalue weighted by Gasteiger charge is 2.30. The third-order valence-electron chi connectivity index (χ3n) is 3.01. The predicted molar refractivity (Wildman–Crippen MR) is 60.4 cm³/mol. The van der Waals surface area contributed by atoms with Crippen molar-refractivity contribution in [1.82, 2.24) is 10.2 Å². The van der Waals surface area contributed by atoms with Gasteiger partial charge in [-0.05, 0) is 11.4 Å². The Bertz CT molecular complexity index is 412. The van der Waals surface area contributed by atoms with Crippen LogP contribution in [0, 0.1) is 0 Å². The smallest absolute Gasteiger partial charge is 0.266 e. The number of nitrogens with one attached hydrogen (secondary N) is 1. The molecule has 3 nitrogen and oxygen atoms in total. The van der Waals surface area contributed by atoms with Crippen molar-refractivity contribution in [2.45, 2.75) is 37.4 Å². The molecule has 1 aromatic rings. The molecule has 1 fully saturated rings. The zero-order chi connectivity index (χ0) is 10.9. The van der Waals surface area contributed by atoms with Crippen molar-refractivity contribution in [1.29, 1.82) is 0 Å². The van der Waals surface area contributed by atoms with Gasteiger partial charge in [0.15, 0.2) is 0 Å². The fraction of sp³-hybridized carbons (Fsp3) is 0.600. The lowest BCUT2D eigenvalue weighted by Crippen LogP contribution is -2.31. The lowest BCUT2D eigenvalue weighted by Gasteiger charge is -2.33. The van der Waals surface area contributed by atoms with Crippen LogP contribution in [-0.2, 0) is 5.31 Å². The molecule has 1 aliphatic carbocycles. The van der Waals surface area contributed by atoms with Crippen molar-refractivity contribution < 1.29 is 0 Å². The average molecular weight is 222 g/mol. The highest BCUT2D eigenvalue weighted by atomic mass is 35.5. The minimum atomic E-state index is -0.411. The summed E-state index contributed by atoms with van der Waals surface area (Å²) in [5.74, 6) is 0. The molecule has 1 aliphatic rings. The van der Waals surface area contributed by atoms with Gasteiger partial charge in [0, 0.05) is 0 Å². The Morgan fingerprint density at radius 2 is 2.07 bits per heavy atom. The van der Waals surface area contributed by atoms with Gasteiger partial charge in [0.1, 0.15) is 5.02 Å². The molecule has 0 bridgehead atoms. The van der Waals surface area contributed by atoms with Crippen LogP contribution in [0.25, 0.3) is 0 Å². The molecule has 2 rings (SSSR count). The molecule has 1 saturated carbocycles. The summed E-state index contributed by atoms with van der Waals surface area (Å²) in [7, 11) is 6.26. The predicted octanol–water partition coefficient (Wildman–Crippen LogP) is 1.75. The SMILES string of the molecule is [B]C1(c2cc(Cl)c(=O)[nH]n2)CCCCC1. The number of rotatable bonds is 1. The number of halogens is 1. The molecule has 1 N–H and O–H groups in total. The van der Waals surface area contributed by atoms with Crippen LogP contribution in [0.5, 0.6) is 0 Å². The summed E-state index contributed by atoms with van der Waals surface area (Å²) in [5, 5.41) is 6.11. The Kier molecular flexibility index (Phi) is 2.87. The molecule has 0 saturated heterocycles. The molecule has 0 aromatic carbocycles. The zero-order valence-corrected chi connectivity index (χ0v) is 9.18. The lowest BCUT2D eigenvalue weighted by molar-refractivity contribution is 0.388. The van der Waals surface area contributed by atoms with E-state index in [0.29, 0.717) is 5.69 Å². The number of hydrogen-bond donors (Lipinski definition) is 1. The Hall–Kier alpha value is -0.765. The molecule has 1 heterocycles. The molecule has 0 spiro atoms. The summed E-state index contributed by atoms with van der Waals surface area (Å²) in [5.41, 5.74) is 0.339. The fourth-order valence-electron chi connectivity index (χ4n) is 2.08. The van der Waals surface area contributed by atoms with Crippen LogP contribution >= 0.6 is 11.6 Å². The maximum absolute atomic E-state index is 11.1. The molecule has 0 unspecified atom stereocenters. The van der Waals surface area contributed by atoms with Gasteiger partial charge in [0.05, 0.1) is 13.5 Å². The number of hydrogen-bond acceptors (Lipinski definition) is 2. The summed E-state index contributed by atoms with van der Waals surface area (Å²) in [6.07, 6.45) is 5.24. The third kappa shape index (κ3) is 2.10. The Balaban J connectivity index is 2.35. The first kappa shape index (κ1) is 10.7. The highest BCUT2D eigenvalue weighted by molar-refractivity contribution is 6.30. The molecule has 15 heavy (non-hydrogen) atoms. The van der Waals surface area contributed by atoms with Crippen LogP contribution in [0.2, 0.25) is 5.02 Å². The molecule has 0 aliphatic heterocycles. The van der Waals surface area contributed by atoms with E-state index < -0.39 is 5.31 Å². The Morgan fingerprint density at radius 3 is 2.67 bits per heavy atom. The van der Waals surface area contributed by atoms with Gasteiger partial charge in [-0.15, -0.1) is 0 Å². The van der Waals surface area contributed by atoms with E-state index in [1.807, 2.05) is 0 Å². The molecule has 0 atom stereocenters. The molecule has 2 radical (unpaired) electrons. The molecular formula is C10H12BClN2O. The van der Waals surface area contributed by atoms with E-state index in [2.05, 4.69) is 10.2 Å². The van der Waals surface area contributed by atoms with Gasteiger partial charge < -0.3 is 0 Å². The first-order valence-electron chi connectivity index (χ1n) is 5.16. The zero-order valence-electron chi connectivity index (χ0n) is 8.42. The topological polar surface area (TPSA) is 45.8 Å². The van der Waals surface area contributed by atoms with Gasteiger partial charge in [0.25, 0.3) is 5.56 Å². The molecule has 5 heteroatoms. The summed E-state index contributed by atoms with van der Waals surface area (Å²) in [6.45, 7) is 0. The normalized spacial score (nSPS) is 20.1. The molecular weight excluding hydrogens is 210 g/mol. The van der Waals surface area contributed by atoms with E-state index in [4.69, 9.17) is 19.4 Å². The van der Waals surface area contributed by atoms with E-state index in [1.165, 1.54) is 6.42 Å². The highest BCUT2D eigenvalue weighted by Crippen LogP contribution is 2.35. The maximum Gasteiger partial charge on any atom is 0.282 e. The van der Waals surface area contributed by atoms with Crippen LogP contribution in [0.3, 0.4) is 0 Å². The van der Waals surface area contributed by atoms with Crippen molar-refractivity contribution in [2.75, 3.05) is 0 Å². The molecule has 0 amide bonds. The van der Waals surface area contributed by atoms with Crippen molar-refractivity contribution >= 4 is 19.4 Å². The summed E-state index contributed by atoms with van der Waals surface area (Å²) in [6, 6.07) is 1.59. The van der Waals surface area contributed by atoms with Crippen LogP contribution in [0.1, 0.15) is 37.8 Å². The standard InChI is InChI=1S/C10H12BClN2O/c11-10(4-2-1-3-5-10)8-6-7(12)9(15)14-13-8/h6H,1-5H2,(H,14,15). The Labute approximate surface area is 94.6 Å². The second kappa shape index (κ2) is 4.01. The van der Waals surface area contributed by atoms with Gasteiger partial charge in [-0.1, -0.05) is 43.7 Å². The minimum Gasteiger partial charge on any atom is -0.266 e. The second-order valence-electron chi connectivity index (χ2n) is 4.15. The van der Waals surface area contributed by atoms with E-state index in [1.54, 1.807) is 6.07 Å². The van der Waals surface area contributed by atoms with E-state index >= 15 is 0 Å².